The zero-order valence-electron chi connectivity index (χ0n) is 26.1. The second kappa shape index (κ2) is 14.8. The molecule has 0 aliphatic carbocycles. The largest absolute Gasteiger partial charge is 0.491 e. The van der Waals surface area contributed by atoms with Gasteiger partial charge in [-0.05, 0) is 90.6 Å². The average Bonchev–Trinajstić information content (AvgIpc) is 3.68. The fourth-order valence-corrected chi connectivity index (χ4v) is 8.67. The first kappa shape index (κ1) is 34.9. The van der Waals surface area contributed by atoms with Gasteiger partial charge in [-0.1, -0.05) is 41.8 Å². The van der Waals surface area contributed by atoms with Crippen molar-refractivity contribution < 1.29 is 23.0 Å². The lowest BCUT2D eigenvalue weighted by Crippen LogP contribution is -2.43. The maximum atomic E-state index is 11.8. The summed E-state index contributed by atoms with van der Waals surface area (Å²) in [4.78, 5) is 0. The standard InChI is InChI=1S/C35H34ClN3O5S2.H2S/c1-3-4-26(19-27-20-37-39-38-27)25-6-8-28(9-7-25)43-21-24-5-12-32-31(18-24)33(34(36)45-32)30-11-10-29(17-23(30)2)44-22-35(40)13-15-46(41,42)16-14-35;/h5-12,17-18,26,40H,13-16,19-22H2,1-2H3;1H2/t26-;/m0./s1. The zero-order valence-corrected chi connectivity index (χ0v) is 29.5. The Kier molecular flexibility index (Phi) is 11.0. The van der Waals surface area contributed by atoms with Crippen molar-refractivity contribution in [3.05, 3.63) is 81.7 Å². The Morgan fingerprint density at radius 3 is 2.47 bits per heavy atom. The number of hydrogen-bond donors (Lipinski definition) is 1. The third kappa shape index (κ3) is 8.37. The number of fused-ring (bicyclic) bond motifs is 1. The third-order valence-corrected chi connectivity index (χ3v) is 11.4. The molecule has 1 atom stereocenters. The smallest absolute Gasteiger partial charge is 0.150 e. The number of thiophene rings is 1. The molecular weight excluding hydrogens is 674 g/mol. The average molecular weight is 710 g/mol. The van der Waals surface area contributed by atoms with Crippen LogP contribution in [-0.4, -0.2) is 49.5 Å². The van der Waals surface area contributed by atoms with Crippen molar-refractivity contribution in [3.63, 3.8) is 0 Å². The lowest BCUT2D eigenvalue weighted by Gasteiger charge is -2.31. The first-order chi connectivity index (χ1) is 22.1. The van der Waals surface area contributed by atoms with E-state index in [2.05, 4.69) is 45.5 Å². The van der Waals surface area contributed by atoms with Gasteiger partial charge in [0.2, 0.25) is 0 Å². The Morgan fingerprint density at radius 2 is 1.79 bits per heavy atom. The van der Waals surface area contributed by atoms with Crippen LogP contribution in [0.4, 0.5) is 0 Å². The van der Waals surface area contributed by atoms with Gasteiger partial charge in [0.15, 0.2) is 9.84 Å². The fourth-order valence-electron chi connectivity index (χ4n) is 5.71. The van der Waals surface area contributed by atoms with Crippen LogP contribution < -0.4 is 9.47 Å². The van der Waals surface area contributed by atoms with E-state index in [1.807, 2.05) is 56.3 Å². The summed E-state index contributed by atoms with van der Waals surface area (Å²) in [6.07, 6.45) is 1.06. The molecule has 47 heavy (non-hydrogen) atoms. The number of sulfone groups is 1. The van der Waals surface area contributed by atoms with E-state index in [0.717, 1.165) is 49.4 Å². The van der Waals surface area contributed by atoms with Crippen molar-refractivity contribution in [1.29, 1.82) is 0 Å². The van der Waals surface area contributed by atoms with Gasteiger partial charge in [-0.15, -0.1) is 22.4 Å². The highest BCUT2D eigenvalue weighted by molar-refractivity contribution is 7.91. The predicted molar refractivity (Wildman–Crippen MR) is 194 cm³/mol. The second-order valence-corrected chi connectivity index (χ2v) is 15.7. The molecule has 0 amide bonds. The van der Waals surface area contributed by atoms with Crippen LogP contribution in [0.5, 0.6) is 11.5 Å². The molecule has 2 aliphatic heterocycles. The van der Waals surface area contributed by atoms with Crippen LogP contribution >= 0.6 is 36.4 Å². The summed E-state index contributed by atoms with van der Waals surface area (Å²) < 4.78 is 37.4. The summed E-state index contributed by atoms with van der Waals surface area (Å²) in [6.45, 7) is 4.82. The van der Waals surface area contributed by atoms with Crippen LogP contribution in [0.2, 0.25) is 4.34 Å². The molecule has 246 valence electrons. The van der Waals surface area contributed by atoms with Crippen molar-refractivity contribution in [3.8, 4) is 34.5 Å². The minimum atomic E-state index is -3.07. The lowest BCUT2D eigenvalue weighted by atomic mass is 9.94. The van der Waals surface area contributed by atoms with Crippen LogP contribution in [0.25, 0.3) is 21.2 Å². The molecule has 0 unspecified atom stereocenters. The number of ether oxygens (including phenoxy) is 2. The van der Waals surface area contributed by atoms with E-state index in [1.165, 1.54) is 11.3 Å². The van der Waals surface area contributed by atoms with Crippen molar-refractivity contribution >= 4 is 62.1 Å². The molecule has 2 aliphatic rings. The van der Waals surface area contributed by atoms with E-state index >= 15 is 0 Å². The number of halogens is 1. The Labute approximate surface area is 291 Å². The van der Waals surface area contributed by atoms with E-state index in [4.69, 9.17) is 21.1 Å². The van der Waals surface area contributed by atoms with Crippen molar-refractivity contribution in [2.24, 2.45) is 15.4 Å². The third-order valence-electron chi connectivity index (χ3n) is 8.39. The molecule has 1 fully saturated rings. The summed E-state index contributed by atoms with van der Waals surface area (Å²) >= 11 is 8.34. The molecule has 0 spiro atoms. The van der Waals surface area contributed by atoms with Crippen molar-refractivity contribution in [2.75, 3.05) is 24.7 Å². The van der Waals surface area contributed by atoms with E-state index in [0.29, 0.717) is 29.7 Å². The first-order valence-corrected chi connectivity index (χ1v) is 18.1. The Balaban J connectivity index is 0.00000433. The SMILES string of the molecule is CC#C[C@@H](CC1=NN=NC1)c1ccc(OCc2ccc3sc(Cl)c(-c4ccc(OCC5(O)CCS(=O)(=O)CC5)cc4C)c3c2)cc1.S. The number of benzene rings is 3. The highest BCUT2D eigenvalue weighted by atomic mass is 35.5. The van der Waals surface area contributed by atoms with Gasteiger partial charge in [0.1, 0.15) is 41.2 Å². The summed E-state index contributed by atoms with van der Waals surface area (Å²) in [7, 11) is -3.07. The number of rotatable bonds is 10. The molecule has 4 aromatic rings. The zero-order chi connectivity index (χ0) is 32.3. The first-order valence-electron chi connectivity index (χ1n) is 15.1. The number of nitrogens with zero attached hydrogens (tertiary/aromatic N) is 3. The number of aryl methyl sites for hydroxylation is 1. The van der Waals surface area contributed by atoms with Gasteiger partial charge in [0.25, 0.3) is 0 Å². The van der Waals surface area contributed by atoms with E-state index in [1.54, 1.807) is 0 Å². The van der Waals surface area contributed by atoms with Crippen LogP contribution in [0.15, 0.2) is 76.1 Å². The maximum absolute atomic E-state index is 11.8. The summed E-state index contributed by atoms with van der Waals surface area (Å²) in [5.74, 6) is 7.67. The van der Waals surface area contributed by atoms with Gasteiger partial charge in [0.05, 0.1) is 23.1 Å². The minimum Gasteiger partial charge on any atom is -0.491 e. The topological polar surface area (TPSA) is 110 Å². The predicted octanol–water partition coefficient (Wildman–Crippen LogP) is 7.86. The molecule has 0 radical (unpaired) electrons. The molecule has 1 saturated heterocycles. The molecule has 3 aromatic carbocycles. The van der Waals surface area contributed by atoms with Gasteiger partial charge in [0, 0.05) is 22.1 Å². The second-order valence-electron chi connectivity index (χ2n) is 11.8. The number of hydrogen-bond acceptors (Lipinski definition) is 9. The quantitative estimate of drug-likeness (QED) is 0.169. The van der Waals surface area contributed by atoms with Crippen LogP contribution in [0.3, 0.4) is 0 Å². The van der Waals surface area contributed by atoms with Gasteiger partial charge in [-0.2, -0.15) is 18.6 Å². The van der Waals surface area contributed by atoms with Crippen molar-refractivity contribution in [2.45, 2.75) is 51.2 Å². The summed E-state index contributed by atoms with van der Waals surface area (Å²) in [5, 5.41) is 23.6. The van der Waals surface area contributed by atoms with E-state index in [-0.39, 0.29) is 50.4 Å². The number of aliphatic hydroxyl groups is 1. The van der Waals surface area contributed by atoms with Gasteiger partial charge in [-0.3, -0.25) is 0 Å². The highest BCUT2D eigenvalue weighted by Gasteiger charge is 2.36. The molecule has 1 N–H and O–H groups in total. The van der Waals surface area contributed by atoms with Gasteiger partial charge in [-0.25, -0.2) is 8.42 Å². The van der Waals surface area contributed by atoms with Crippen LogP contribution in [0.1, 0.15) is 48.8 Å². The summed E-state index contributed by atoms with van der Waals surface area (Å²) in [6, 6.07) is 20.1. The molecule has 3 heterocycles. The molecule has 0 bridgehead atoms. The Morgan fingerprint density at radius 1 is 1.04 bits per heavy atom. The van der Waals surface area contributed by atoms with E-state index in [9.17, 15) is 13.5 Å². The van der Waals surface area contributed by atoms with Crippen molar-refractivity contribution in [1.82, 2.24) is 0 Å². The monoisotopic (exact) mass is 709 g/mol. The molecule has 0 saturated carbocycles. The normalized spacial score (nSPS) is 16.9. The van der Waals surface area contributed by atoms with Crippen LogP contribution in [0, 0.1) is 18.8 Å². The molecule has 8 nitrogen and oxygen atoms in total. The maximum Gasteiger partial charge on any atom is 0.150 e. The molecule has 1 aromatic heterocycles. The molecule has 12 heteroatoms. The Bertz CT molecular complexity index is 1980. The fraction of sp³-hybridized carbons (Fsp3) is 0.343. The Hall–Kier alpha value is -3.40. The van der Waals surface area contributed by atoms with E-state index < -0.39 is 15.4 Å². The van der Waals surface area contributed by atoms with Crippen LogP contribution in [-0.2, 0) is 16.4 Å². The molecule has 6 rings (SSSR count). The lowest BCUT2D eigenvalue weighted by molar-refractivity contribution is -0.0128. The molecular formula is C35H36ClN3O5S3. The highest BCUT2D eigenvalue weighted by Crippen LogP contribution is 2.44. The van der Waals surface area contributed by atoms with Gasteiger partial charge >= 0.3 is 0 Å². The summed E-state index contributed by atoms with van der Waals surface area (Å²) in [5.41, 5.74) is 4.85. The van der Waals surface area contributed by atoms with Gasteiger partial charge < -0.3 is 14.6 Å². The minimum absolute atomic E-state index is 0.